The van der Waals surface area contributed by atoms with E-state index in [0.29, 0.717) is 24.2 Å². The first-order valence-electron chi connectivity index (χ1n) is 10.2. The summed E-state index contributed by atoms with van der Waals surface area (Å²) in [6.45, 7) is 8.61. The fraction of sp³-hybridized carbons (Fsp3) is 0.222. The minimum Gasteiger partial charge on any atom is -0.488 e. The Labute approximate surface area is 176 Å². The summed E-state index contributed by atoms with van der Waals surface area (Å²) in [5.41, 5.74) is 7.53. The molecule has 0 saturated heterocycles. The summed E-state index contributed by atoms with van der Waals surface area (Å²) < 4.78 is 12.0. The van der Waals surface area contributed by atoms with Crippen molar-refractivity contribution in [1.82, 2.24) is 0 Å². The number of benzene rings is 3. The smallest absolute Gasteiger partial charge is 0.340 e. The molecule has 1 heterocycles. The van der Waals surface area contributed by atoms with Gasteiger partial charge in [0.05, 0.1) is 5.39 Å². The number of hydrogen-bond donors (Lipinski definition) is 0. The molecule has 0 unspecified atom stereocenters. The van der Waals surface area contributed by atoms with Crippen molar-refractivity contribution in [2.45, 2.75) is 40.7 Å². The third-order valence-electron chi connectivity index (χ3n) is 5.60. The van der Waals surface area contributed by atoms with Crippen LogP contribution < -0.4 is 10.4 Å². The van der Waals surface area contributed by atoms with Crippen LogP contribution in [0.1, 0.15) is 38.9 Å². The molecule has 0 fully saturated rings. The van der Waals surface area contributed by atoms with Gasteiger partial charge in [-0.15, -0.1) is 0 Å². The van der Waals surface area contributed by atoms with E-state index in [2.05, 4.69) is 32.0 Å². The topological polar surface area (TPSA) is 39.4 Å². The van der Waals surface area contributed by atoms with E-state index >= 15 is 0 Å². The van der Waals surface area contributed by atoms with Crippen LogP contribution in [-0.4, -0.2) is 0 Å². The zero-order valence-corrected chi connectivity index (χ0v) is 17.9. The van der Waals surface area contributed by atoms with Gasteiger partial charge in [0.25, 0.3) is 0 Å². The normalized spacial score (nSPS) is 11.1. The van der Waals surface area contributed by atoms with Gasteiger partial charge in [-0.25, -0.2) is 4.79 Å². The van der Waals surface area contributed by atoms with E-state index in [1.165, 1.54) is 11.1 Å². The van der Waals surface area contributed by atoms with Crippen molar-refractivity contribution in [3.05, 3.63) is 110 Å². The highest BCUT2D eigenvalue weighted by atomic mass is 16.5. The number of rotatable bonds is 5. The number of hydrogen-bond acceptors (Lipinski definition) is 3. The molecule has 1 aromatic heterocycles. The van der Waals surface area contributed by atoms with Crippen LogP contribution >= 0.6 is 0 Å². The molecule has 0 amide bonds. The van der Waals surface area contributed by atoms with Gasteiger partial charge in [-0.05, 0) is 67.6 Å². The first kappa shape index (κ1) is 20.0. The van der Waals surface area contributed by atoms with Crippen molar-refractivity contribution < 1.29 is 9.15 Å². The van der Waals surface area contributed by atoms with Crippen molar-refractivity contribution >= 4 is 11.0 Å². The quantitative estimate of drug-likeness (QED) is 0.376. The maximum atomic E-state index is 12.7. The Morgan fingerprint density at radius 1 is 0.867 bits per heavy atom. The summed E-state index contributed by atoms with van der Waals surface area (Å²) >= 11 is 0. The van der Waals surface area contributed by atoms with Crippen LogP contribution in [0.4, 0.5) is 0 Å². The fourth-order valence-corrected chi connectivity index (χ4v) is 3.87. The van der Waals surface area contributed by atoms with Crippen LogP contribution in [-0.2, 0) is 13.0 Å². The Morgan fingerprint density at radius 2 is 1.63 bits per heavy atom. The van der Waals surface area contributed by atoms with Crippen LogP contribution in [0.2, 0.25) is 0 Å². The van der Waals surface area contributed by atoms with Crippen molar-refractivity contribution in [3.63, 3.8) is 0 Å². The molecule has 0 bridgehead atoms. The van der Waals surface area contributed by atoms with Crippen LogP contribution in [0.5, 0.6) is 5.75 Å². The van der Waals surface area contributed by atoms with Gasteiger partial charge in [0.1, 0.15) is 17.9 Å². The maximum absolute atomic E-state index is 12.7. The molecule has 0 aliphatic carbocycles. The summed E-state index contributed by atoms with van der Waals surface area (Å²) in [6.07, 6.45) is 0.537. The van der Waals surface area contributed by atoms with Gasteiger partial charge in [-0.1, -0.05) is 54.1 Å². The highest BCUT2D eigenvalue weighted by Crippen LogP contribution is 2.32. The lowest BCUT2D eigenvalue weighted by Crippen LogP contribution is -2.11. The highest BCUT2D eigenvalue weighted by molar-refractivity contribution is 5.88. The van der Waals surface area contributed by atoms with Crippen LogP contribution in [0.3, 0.4) is 0 Å². The molecule has 3 aromatic carbocycles. The summed E-state index contributed by atoms with van der Waals surface area (Å²) in [6, 6.07) is 20.3. The minimum absolute atomic E-state index is 0.282. The molecule has 0 saturated carbocycles. The van der Waals surface area contributed by atoms with Gasteiger partial charge in [0, 0.05) is 12.0 Å². The number of aryl methyl sites for hydroxylation is 4. The molecule has 0 radical (unpaired) electrons. The van der Waals surface area contributed by atoms with E-state index < -0.39 is 0 Å². The molecule has 4 aromatic rings. The molecule has 0 N–H and O–H groups in total. The predicted octanol–water partition coefficient (Wildman–Crippen LogP) is 6.20. The van der Waals surface area contributed by atoms with Gasteiger partial charge in [0.15, 0.2) is 0 Å². The first-order valence-corrected chi connectivity index (χ1v) is 10.2. The van der Waals surface area contributed by atoms with E-state index in [4.69, 9.17) is 9.15 Å². The molecule has 152 valence electrons. The molecule has 0 spiro atoms. The SMILES string of the molecule is Cc1ccc(C)c(COc2cc(C)cc3oc(=O)c(Cc4ccccc4)c(C)c23)c1. The Bertz CT molecular complexity index is 1270. The largest absolute Gasteiger partial charge is 0.488 e. The van der Waals surface area contributed by atoms with Gasteiger partial charge in [0.2, 0.25) is 0 Å². The van der Waals surface area contributed by atoms with Gasteiger partial charge < -0.3 is 9.15 Å². The fourth-order valence-electron chi connectivity index (χ4n) is 3.87. The van der Waals surface area contributed by atoms with Crippen molar-refractivity contribution in [2.24, 2.45) is 0 Å². The maximum Gasteiger partial charge on any atom is 0.340 e. The molecule has 3 heteroatoms. The zero-order valence-electron chi connectivity index (χ0n) is 17.9. The molecule has 4 rings (SSSR count). The van der Waals surface area contributed by atoms with E-state index in [1.807, 2.05) is 56.3 Å². The summed E-state index contributed by atoms with van der Waals surface area (Å²) in [4.78, 5) is 12.7. The first-order chi connectivity index (χ1) is 14.4. The highest BCUT2D eigenvalue weighted by Gasteiger charge is 2.17. The summed E-state index contributed by atoms with van der Waals surface area (Å²) in [5.74, 6) is 0.751. The third kappa shape index (κ3) is 4.02. The van der Waals surface area contributed by atoms with Crippen molar-refractivity contribution in [3.8, 4) is 5.75 Å². The second-order valence-electron chi connectivity index (χ2n) is 8.01. The standard InChI is InChI=1S/C27H26O3/c1-17-10-11-19(3)22(12-17)16-29-24-13-18(2)14-25-26(24)20(4)23(27(28)30-25)15-21-8-6-5-7-9-21/h5-14H,15-16H2,1-4H3. The van der Waals surface area contributed by atoms with Crippen LogP contribution in [0.15, 0.2) is 69.9 Å². The Hall–Kier alpha value is -3.33. The average molecular weight is 399 g/mol. The van der Waals surface area contributed by atoms with Gasteiger partial charge >= 0.3 is 5.63 Å². The van der Waals surface area contributed by atoms with Crippen LogP contribution in [0, 0.1) is 27.7 Å². The molecule has 30 heavy (non-hydrogen) atoms. The lowest BCUT2D eigenvalue weighted by molar-refractivity contribution is 0.308. The zero-order chi connectivity index (χ0) is 21.3. The average Bonchev–Trinajstić information content (AvgIpc) is 2.72. The summed E-state index contributed by atoms with van der Waals surface area (Å²) in [7, 11) is 0. The second-order valence-corrected chi connectivity index (χ2v) is 8.01. The Kier molecular flexibility index (Phi) is 5.45. The molecule has 3 nitrogen and oxygen atoms in total. The molecule has 0 aliphatic heterocycles. The van der Waals surface area contributed by atoms with Crippen molar-refractivity contribution in [2.75, 3.05) is 0 Å². The number of fused-ring (bicyclic) bond motifs is 1. The molecule has 0 atom stereocenters. The molecule has 0 aliphatic rings. The Balaban J connectivity index is 1.78. The lowest BCUT2D eigenvalue weighted by atomic mass is 9.98. The second kappa shape index (κ2) is 8.19. The van der Waals surface area contributed by atoms with Crippen molar-refractivity contribution in [1.29, 1.82) is 0 Å². The number of ether oxygens (including phenoxy) is 1. The lowest BCUT2D eigenvalue weighted by Gasteiger charge is -2.15. The monoisotopic (exact) mass is 398 g/mol. The van der Waals surface area contributed by atoms with Gasteiger partial charge in [-0.2, -0.15) is 0 Å². The molecular weight excluding hydrogens is 372 g/mol. The summed E-state index contributed by atoms with van der Waals surface area (Å²) in [5, 5.41) is 0.872. The van der Waals surface area contributed by atoms with Crippen LogP contribution in [0.25, 0.3) is 11.0 Å². The minimum atomic E-state index is -0.282. The van der Waals surface area contributed by atoms with E-state index in [9.17, 15) is 4.79 Å². The van der Waals surface area contributed by atoms with E-state index in [0.717, 1.165) is 33.4 Å². The molecular formula is C27H26O3. The Morgan fingerprint density at radius 3 is 2.40 bits per heavy atom. The third-order valence-corrected chi connectivity index (χ3v) is 5.60. The predicted molar refractivity (Wildman–Crippen MR) is 121 cm³/mol. The van der Waals surface area contributed by atoms with E-state index in [1.54, 1.807) is 0 Å². The van der Waals surface area contributed by atoms with E-state index in [-0.39, 0.29) is 5.63 Å². The van der Waals surface area contributed by atoms with Gasteiger partial charge in [-0.3, -0.25) is 0 Å².